The van der Waals surface area contributed by atoms with Crippen molar-refractivity contribution in [1.29, 1.82) is 5.26 Å². The molecule has 0 atom stereocenters. The van der Waals surface area contributed by atoms with Crippen molar-refractivity contribution in [3.05, 3.63) is 54.1 Å². The summed E-state index contributed by atoms with van der Waals surface area (Å²) in [7, 11) is 0. The van der Waals surface area contributed by atoms with E-state index in [-0.39, 0.29) is 24.6 Å². The third-order valence-electron chi connectivity index (χ3n) is 3.85. The summed E-state index contributed by atoms with van der Waals surface area (Å²) in [5, 5.41) is 11.5. The lowest BCUT2D eigenvalue weighted by atomic mass is 10.2. The molecule has 0 aliphatic heterocycles. The number of nitrogens with zero attached hydrogens (tertiary/aromatic N) is 2. The molecule has 2 aromatic rings. The molecule has 0 bridgehead atoms. The van der Waals surface area contributed by atoms with Gasteiger partial charge in [-0.1, -0.05) is 37.6 Å². The van der Waals surface area contributed by atoms with Crippen LogP contribution in [-0.4, -0.2) is 25.3 Å². The van der Waals surface area contributed by atoms with E-state index in [0.717, 1.165) is 5.56 Å². The van der Waals surface area contributed by atoms with Gasteiger partial charge < -0.3 is 9.47 Å². The molecule has 2 amide bonds. The maximum Gasteiger partial charge on any atom is 0.419 e. The Morgan fingerprint density at radius 2 is 1.90 bits per heavy atom. The maximum absolute atomic E-state index is 12.7. The minimum atomic E-state index is -0.608. The molecule has 7 nitrogen and oxygen atoms in total. The molecule has 7 heteroatoms. The first kappa shape index (κ1) is 21.8. The first-order valence-electron chi connectivity index (χ1n) is 9.36. The maximum atomic E-state index is 12.7. The van der Waals surface area contributed by atoms with Crippen LogP contribution in [0.1, 0.15) is 25.8 Å². The van der Waals surface area contributed by atoms with E-state index in [4.69, 9.17) is 14.7 Å². The van der Waals surface area contributed by atoms with Gasteiger partial charge in [0.05, 0.1) is 19.1 Å². The molecule has 0 aliphatic rings. The van der Waals surface area contributed by atoms with Crippen LogP contribution in [0.15, 0.2) is 48.5 Å². The van der Waals surface area contributed by atoms with Gasteiger partial charge in [0.25, 0.3) is 0 Å². The van der Waals surface area contributed by atoms with Gasteiger partial charge in [-0.25, -0.2) is 9.59 Å². The zero-order chi connectivity index (χ0) is 21.2. The average molecular weight is 395 g/mol. The molecule has 0 heterocycles. The molecule has 2 aromatic carbocycles. The number of amides is 2. The van der Waals surface area contributed by atoms with Crippen LogP contribution in [0, 0.1) is 24.2 Å². The van der Waals surface area contributed by atoms with Crippen molar-refractivity contribution in [2.75, 3.05) is 23.4 Å². The summed E-state index contributed by atoms with van der Waals surface area (Å²) in [4.78, 5) is 25.9. The van der Waals surface area contributed by atoms with Crippen molar-refractivity contribution < 1.29 is 19.1 Å². The lowest BCUT2D eigenvalue weighted by molar-refractivity contribution is 0.147. The molecular weight excluding hydrogens is 370 g/mol. The van der Waals surface area contributed by atoms with Crippen molar-refractivity contribution in [2.24, 2.45) is 5.92 Å². The van der Waals surface area contributed by atoms with Crippen LogP contribution in [0.3, 0.4) is 0 Å². The summed E-state index contributed by atoms with van der Waals surface area (Å²) in [6, 6.07) is 15.9. The van der Waals surface area contributed by atoms with E-state index in [9.17, 15) is 9.59 Å². The van der Waals surface area contributed by atoms with E-state index in [1.807, 2.05) is 39.0 Å². The second-order valence-electron chi connectivity index (χ2n) is 6.91. The fourth-order valence-electron chi connectivity index (χ4n) is 2.40. The molecule has 0 unspecified atom stereocenters. The van der Waals surface area contributed by atoms with Crippen molar-refractivity contribution in [3.8, 4) is 11.8 Å². The molecular formula is C22H25N3O4. The van der Waals surface area contributed by atoms with Gasteiger partial charge in [-0.3, -0.25) is 10.2 Å². The normalized spacial score (nSPS) is 10.2. The van der Waals surface area contributed by atoms with E-state index in [2.05, 4.69) is 5.32 Å². The van der Waals surface area contributed by atoms with Crippen LogP contribution in [0.5, 0.6) is 5.75 Å². The number of nitrogens with one attached hydrogen (secondary N) is 1. The van der Waals surface area contributed by atoms with E-state index in [1.54, 1.807) is 30.3 Å². The molecule has 2 rings (SSSR count). The molecule has 29 heavy (non-hydrogen) atoms. The van der Waals surface area contributed by atoms with Crippen LogP contribution < -0.4 is 15.0 Å². The van der Waals surface area contributed by atoms with Crippen LogP contribution in [0.25, 0.3) is 0 Å². The first-order chi connectivity index (χ1) is 13.9. The van der Waals surface area contributed by atoms with Gasteiger partial charge in [-0.15, -0.1) is 0 Å². The number of hydrogen-bond acceptors (Lipinski definition) is 5. The Morgan fingerprint density at radius 1 is 1.17 bits per heavy atom. The van der Waals surface area contributed by atoms with Gasteiger partial charge >= 0.3 is 12.2 Å². The van der Waals surface area contributed by atoms with Crippen LogP contribution in [0.2, 0.25) is 0 Å². The minimum Gasteiger partial charge on any atom is -0.449 e. The summed E-state index contributed by atoms with van der Waals surface area (Å²) in [5.74, 6) is 0.500. The van der Waals surface area contributed by atoms with Crippen molar-refractivity contribution in [2.45, 2.75) is 27.2 Å². The van der Waals surface area contributed by atoms with Gasteiger partial charge in [0.2, 0.25) is 0 Å². The number of carbonyl (C=O) groups excluding carboxylic acids is 2. The van der Waals surface area contributed by atoms with Gasteiger partial charge in [-0.05, 0) is 37.1 Å². The first-order valence-corrected chi connectivity index (χ1v) is 9.36. The lowest BCUT2D eigenvalue weighted by Crippen LogP contribution is -2.34. The minimum absolute atomic E-state index is 0.173. The van der Waals surface area contributed by atoms with Gasteiger partial charge in [0.1, 0.15) is 5.75 Å². The van der Waals surface area contributed by atoms with Crippen LogP contribution in [-0.2, 0) is 4.74 Å². The van der Waals surface area contributed by atoms with Crippen molar-refractivity contribution >= 4 is 23.6 Å². The number of rotatable bonds is 7. The third-order valence-corrected chi connectivity index (χ3v) is 3.85. The summed E-state index contributed by atoms with van der Waals surface area (Å²) in [5.41, 5.74) is 2.15. The zero-order valence-corrected chi connectivity index (χ0v) is 16.8. The molecule has 1 N–H and O–H groups in total. The highest BCUT2D eigenvalue weighted by molar-refractivity contribution is 5.89. The van der Waals surface area contributed by atoms with E-state index < -0.39 is 12.2 Å². The van der Waals surface area contributed by atoms with E-state index in [0.29, 0.717) is 18.0 Å². The van der Waals surface area contributed by atoms with Crippen LogP contribution >= 0.6 is 0 Å². The molecule has 0 aliphatic carbocycles. The smallest absolute Gasteiger partial charge is 0.419 e. The average Bonchev–Trinajstić information content (AvgIpc) is 2.68. The van der Waals surface area contributed by atoms with Crippen molar-refractivity contribution in [1.82, 2.24) is 0 Å². The summed E-state index contributed by atoms with van der Waals surface area (Å²) >= 11 is 0. The Labute approximate surface area is 170 Å². The SMILES string of the molecule is Cc1ccc(N(CCC#N)C(=O)Oc2cccc(NC(=O)OCC(C)C)c2)cc1. The van der Waals surface area contributed by atoms with Gasteiger partial charge in [0, 0.05) is 24.0 Å². The number of hydrogen-bond donors (Lipinski definition) is 1. The standard InChI is InChI=1S/C22H25N3O4/c1-16(2)15-28-21(26)24-18-6-4-7-20(14-18)29-22(27)25(13-5-12-23)19-10-8-17(3)9-11-19/h4,6-11,14,16H,5,13,15H2,1-3H3,(H,24,26). The van der Waals surface area contributed by atoms with E-state index in [1.165, 1.54) is 11.0 Å². The number of anilines is 2. The quantitative estimate of drug-likeness (QED) is 0.702. The highest BCUT2D eigenvalue weighted by Gasteiger charge is 2.18. The molecule has 0 radical (unpaired) electrons. The molecule has 0 saturated heterocycles. The van der Waals surface area contributed by atoms with Crippen molar-refractivity contribution in [3.63, 3.8) is 0 Å². The Morgan fingerprint density at radius 3 is 2.55 bits per heavy atom. The lowest BCUT2D eigenvalue weighted by Gasteiger charge is -2.21. The number of ether oxygens (including phenoxy) is 2. The molecule has 0 fully saturated rings. The van der Waals surface area contributed by atoms with Gasteiger partial charge in [0.15, 0.2) is 0 Å². The Hall–Kier alpha value is -3.53. The molecule has 0 saturated carbocycles. The number of aryl methyl sites for hydroxylation is 1. The second kappa shape index (κ2) is 10.7. The predicted octanol–water partition coefficient (Wildman–Crippen LogP) is 5.12. The summed E-state index contributed by atoms with van der Waals surface area (Å²) in [6.07, 6.45) is -1.01. The number of carbonyl (C=O) groups is 2. The fraction of sp³-hybridized carbons (Fsp3) is 0.318. The van der Waals surface area contributed by atoms with Crippen LogP contribution in [0.4, 0.5) is 21.0 Å². The summed E-state index contributed by atoms with van der Waals surface area (Å²) in [6.45, 7) is 6.36. The predicted molar refractivity (Wildman–Crippen MR) is 111 cm³/mol. The fourth-order valence-corrected chi connectivity index (χ4v) is 2.40. The monoisotopic (exact) mass is 395 g/mol. The summed E-state index contributed by atoms with van der Waals surface area (Å²) < 4.78 is 10.5. The largest absolute Gasteiger partial charge is 0.449 e. The molecule has 0 spiro atoms. The topological polar surface area (TPSA) is 91.7 Å². The Kier molecular flexibility index (Phi) is 8.04. The second-order valence-corrected chi connectivity index (χ2v) is 6.91. The van der Waals surface area contributed by atoms with E-state index >= 15 is 0 Å². The highest BCUT2D eigenvalue weighted by Crippen LogP contribution is 2.21. The number of benzene rings is 2. The number of nitriles is 1. The molecule has 0 aromatic heterocycles. The zero-order valence-electron chi connectivity index (χ0n) is 16.8. The Balaban J connectivity index is 2.08. The molecule has 152 valence electrons. The highest BCUT2D eigenvalue weighted by atomic mass is 16.6. The third kappa shape index (κ3) is 7.18. The Bertz CT molecular complexity index is 872. The van der Waals surface area contributed by atoms with Gasteiger partial charge in [-0.2, -0.15) is 5.26 Å².